The quantitative estimate of drug-likeness (QED) is 0.549. The summed E-state index contributed by atoms with van der Waals surface area (Å²) in [6.45, 7) is 6.31. The Bertz CT molecular complexity index is 1090. The van der Waals surface area contributed by atoms with E-state index in [1.807, 2.05) is 18.3 Å². The average Bonchev–Trinajstić information content (AvgIpc) is 3.44. The third kappa shape index (κ3) is 5.20. The summed E-state index contributed by atoms with van der Waals surface area (Å²) in [5, 5.41) is 11.4. The van der Waals surface area contributed by atoms with Crippen molar-refractivity contribution < 1.29 is 24.1 Å². The molecule has 38 heavy (non-hydrogen) atoms. The molecule has 1 aromatic heterocycles. The number of benzene rings is 1. The summed E-state index contributed by atoms with van der Waals surface area (Å²) in [6, 6.07) is 6.29. The van der Waals surface area contributed by atoms with Crippen LogP contribution in [0.3, 0.4) is 0 Å². The fourth-order valence-electron chi connectivity index (χ4n) is 7.29. The van der Waals surface area contributed by atoms with Crippen LogP contribution in [0, 0.1) is 11.8 Å². The summed E-state index contributed by atoms with van der Waals surface area (Å²) in [6.07, 6.45) is 11.0. The van der Waals surface area contributed by atoms with Gasteiger partial charge in [0.25, 0.3) is 0 Å². The zero-order valence-corrected chi connectivity index (χ0v) is 22.8. The molecular formula is C30H43N3O5. The molecule has 2 aromatic rings. The maximum Gasteiger partial charge on any atom is 0.171 e. The van der Waals surface area contributed by atoms with Gasteiger partial charge in [-0.05, 0) is 75.7 Å². The monoisotopic (exact) mass is 525 g/mol. The second kappa shape index (κ2) is 11.5. The minimum atomic E-state index is -0.330. The summed E-state index contributed by atoms with van der Waals surface area (Å²) in [5.74, 6) is 2.45. The average molecular weight is 526 g/mol. The van der Waals surface area contributed by atoms with Crippen molar-refractivity contribution in [3.63, 3.8) is 0 Å². The molecule has 208 valence electrons. The molecule has 1 aliphatic carbocycles. The number of hydrogen-bond donors (Lipinski definition) is 1. The first-order valence-electron chi connectivity index (χ1n) is 14.7. The molecule has 3 fully saturated rings. The Morgan fingerprint density at radius 3 is 2.82 bits per heavy atom. The molecular weight excluding hydrogens is 482 g/mol. The van der Waals surface area contributed by atoms with E-state index in [-0.39, 0.29) is 18.4 Å². The van der Waals surface area contributed by atoms with E-state index in [0.717, 1.165) is 93.2 Å². The molecule has 6 rings (SSSR count). The van der Waals surface area contributed by atoms with Gasteiger partial charge in [-0.2, -0.15) is 0 Å². The van der Waals surface area contributed by atoms with Crippen LogP contribution in [0.4, 0.5) is 5.69 Å². The first kappa shape index (κ1) is 26.1. The summed E-state index contributed by atoms with van der Waals surface area (Å²) in [7, 11) is 1.70. The van der Waals surface area contributed by atoms with Crippen LogP contribution >= 0.6 is 0 Å². The molecule has 0 radical (unpaired) electrons. The lowest BCUT2D eigenvalue weighted by molar-refractivity contribution is -0.214. The van der Waals surface area contributed by atoms with Crippen molar-refractivity contribution in [2.75, 3.05) is 64.6 Å². The lowest BCUT2D eigenvalue weighted by Gasteiger charge is -2.43. The van der Waals surface area contributed by atoms with Crippen molar-refractivity contribution in [1.29, 1.82) is 0 Å². The lowest BCUT2D eigenvalue weighted by Crippen LogP contribution is -2.48. The SMILES string of the molecule is COc1ccc2ncc3c(c2c1)N(CCC1CCN(CCC2CCCCC24OCCO4)[C@H](CO)C1)CCO3. The van der Waals surface area contributed by atoms with E-state index >= 15 is 0 Å². The van der Waals surface area contributed by atoms with E-state index in [1.165, 1.54) is 25.7 Å². The maximum absolute atomic E-state index is 10.3. The number of aliphatic hydroxyl groups excluding tert-OH is 1. The molecule has 1 saturated carbocycles. The minimum absolute atomic E-state index is 0.232. The predicted molar refractivity (Wildman–Crippen MR) is 147 cm³/mol. The van der Waals surface area contributed by atoms with Crippen molar-refractivity contribution in [3.05, 3.63) is 24.4 Å². The highest BCUT2D eigenvalue weighted by atomic mass is 16.7. The number of methoxy groups -OCH3 is 1. The third-order valence-electron chi connectivity index (χ3n) is 9.40. The van der Waals surface area contributed by atoms with Crippen LogP contribution in [0.25, 0.3) is 10.9 Å². The normalized spacial score (nSPS) is 27.4. The van der Waals surface area contributed by atoms with E-state index in [2.05, 4.69) is 20.9 Å². The van der Waals surface area contributed by atoms with E-state index in [1.54, 1.807) is 7.11 Å². The highest BCUT2D eigenvalue weighted by molar-refractivity contribution is 5.96. The molecule has 4 aliphatic rings. The summed E-state index contributed by atoms with van der Waals surface area (Å²) in [5.41, 5.74) is 2.09. The zero-order valence-electron chi connectivity index (χ0n) is 22.8. The van der Waals surface area contributed by atoms with Gasteiger partial charge < -0.3 is 29.0 Å². The van der Waals surface area contributed by atoms with Gasteiger partial charge in [0.05, 0.1) is 50.9 Å². The smallest absolute Gasteiger partial charge is 0.171 e. The molecule has 0 bridgehead atoms. The van der Waals surface area contributed by atoms with E-state index in [4.69, 9.17) is 18.9 Å². The Balaban J connectivity index is 1.07. The number of ether oxygens (including phenoxy) is 4. The number of likely N-dealkylation sites (tertiary alicyclic amines) is 1. The molecule has 8 heteroatoms. The Morgan fingerprint density at radius 1 is 1.08 bits per heavy atom. The largest absolute Gasteiger partial charge is 0.497 e. The second-order valence-corrected chi connectivity index (χ2v) is 11.5. The Labute approximate surface area is 226 Å². The van der Waals surface area contributed by atoms with Gasteiger partial charge in [0, 0.05) is 30.3 Å². The van der Waals surface area contributed by atoms with Crippen molar-refractivity contribution >= 4 is 16.6 Å². The number of anilines is 1. The van der Waals surface area contributed by atoms with Crippen molar-refractivity contribution in [2.24, 2.45) is 11.8 Å². The van der Waals surface area contributed by atoms with Crippen LogP contribution in [0.2, 0.25) is 0 Å². The number of piperidine rings is 1. The van der Waals surface area contributed by atoms with Crippen LogP contribution in [-0.4, -0.2) is 86.5 Å². The fraction of sp³-hybridized carbons (Fsp3) is 0.700. The molecule has 2 saturated heterocycles. The molecule has 0 amide bonds. The topological polar surface area (TPSA) is 76.5 Å². The zero-order chi connectivity index (χ0) is 26.0. The van der Waals surface area contributed by atoms with E-state index in [9.17, 15) is 5.11 Å². The Morgan fingerprint density at radius 2 is 1.97 bits per heavy atom. The molecule has 1 aromatic carbocycles. The summed E-state index contributed by atoms with van der Waals surface area (Å²) in [4.78, 5) is 9.60. The molecule has 8 nitrogen and oxygen atoms in total. The number of hydrogen-bond acceptors (Lipinski definition) is 8. The highest BCUT2D eigenvalue weighted by Crippen LogP contribution is 2.43. The number of rotatable bonds is 8. The van der Waals surface area contributed by atoms with E-state index in [0.29, 0.717) is 18.4 Å². The molecule has 4 heterocycles. The van der Waals surface area contributed by atoms with Gasteiger partial charge in [0.15, 0.2) is 11.5 Å². The molecule has 3 atom stereocenters. The number of aliphatic hydroxyl groups is 1. The van der Waals surface area contributed by atoms with Gasteiger partial charge in [-0.1, -0.05) is 6.42 Å². The van der Waals surface area contributed by atoms with Crippen molar-refractivity contribution in [2.45, 2.75) is 63.2 Å². The third-order valence-corrected chi connectivity index (χ3v) is 9.40. The number of fused-ring (bicyclic) bond motifs is 3. The fourth-order valence-corrected chi connectivity index (χ4v) is 7.29. The summed E-state index contributed by atoms with van der Waals surface area (Å²) < 4.78 is 23.8. The van der Waals surface area contributed by atoms with Gasteiger partial charge >= 0.3 is 0 Å². The summed E-state index contributed by atoms with van der Waals surface area (Å²) >= 11 is 0. The lowest BCUT2D eigenvalue weighted by atomic mass is 9.80. The number of aromatic nitrogens is 1. The molecule has 3 aliphatic heterocycles. The molecule has 1 N–H and O–H groups in total. The standard InChI is InChI=1S/C30H43N3O5/c1-35-25-5-6-27-26(19-25)29-28(20-31-27)36-15-14-33(29)12-8-22-7-11-32(24(18-22)21-34)13-9-23-4-2-3-10-30(23)37-16-17-38-30/h5-6,19-20,22-24,34H,2-4,7-18,21H2,1H3/t22?,23?,24-/m0/s1. The van der Waals surface area contributed by atoms with Crippen LogP contribution < -0.4 is 14.4 Å². The van der Waals surface area contributed by atoms with Crippen LogP contribution in [0.5, 0.6) is 11.5 Å². The second-order valence-electron chi connectivity index (χ2n) is 11.5. The van der Waals surface area contributed by atoms with Gasteiger partial charge in [-0.25, -0.2) is 0 Å². The first-order chi connectivity index (χ1) is 18.7. The highest BCUT2D eigenvalue weighted by Gasteiger charge is 2.45. The Kier molecular flexibility index (Phi) is 7.93. The van der Waals surface area contributed by atoms with Crippen molar-refractivity contribution in [3.8, 4) is 11.5 Å². The molecule has 2 unspecified atom stereocenters. The van der Waals surface area contributed by atoms with Gasteiger partial charge in [-0.15, -0.1) is 0 Å². The van der Waals surface area contributed by atoms with Gasteiger partial charge in [-0.3, -0.25) is 9.88 Å². The van der Waals surface area contributed by atoms with Crippen LogP contribution in [-0.2, 0) is 9.47 Å². The number of nitrogens with zero attached hydrogens (tertiary/aromatic N) is 3. The first-order valence-corrected chi connectivity index (χ1v) is 14.7. The maximum atomic E-state index is 10.3. The Hall–Kier alpha value is -2.13. The number of pyridine rings is 1. The van der Waals surface area contributed by atoms with Crippen LogP contribution in [0.1, 0.15) is 51.4 Å². The van der Waals surface area contributed by atoms with E-state index < -0.39 is 0 Å². The minimum Gasteiger partial charge on any atom is -0.497 e. The van der Waals surface area contributed by atoms with Crippen LogP contribution in [0.15, 0.2) is 24.4 Å². The van der Waals surface area contributed by atoms with Gasteiger partial charge in [0.2, 0.25) is 0 Å². The predicted octanol–water partition coefficient (Wildman–Crippen LogP) is 4.23. The van der Waals surface area contributed by atoms with Crippen molar-refractivity contribution in [1.82, 2.24) is 9.88 Å². The van der Waals surface area contributed by atoms with Gasteiger partial charge in [0.1, 0.15) is 12.4 Å². The molecule has 1 spiro atoms.